The Morgan fingerprint density at radius 1 is 1.15 bits per heavy atom. The lowest BCUT2D eigenvalue weighted by atomic mass is 10.1. The van der Waals surface area contributed by atoms with Crippen LogP contribution in [-0.2, 0) is 24.2 Å². The molecule has 34 heavy (non-hydrogen) atoms. The van der Waals surface area contributed by atoms with Crippen molar-refractivity contribution >= 4 is 15.8 Å². The number of carbonyl (C=O) groups is 1. The molecule has 3 rings (SSSR count). The lowest BCUT2D eigenvalue weighted by molar-refractivity contribution is -0.757. The molecule has 180 valence electrons. The van der Waals surface area contributed by atoms with Crippen molar-refractivity contribution in [3.8, 4) is 16.9 Å². The molecular formula is C22H22FN3O7S. The van der Waals surface area contributed by atoms with E-state index in [1.807, 2.05) is 0 Å². The predicted molar refractivity (Wildman–Crippen MR) is 120 cm³/mol. The summed E-state index contributed by atoms with van der Waals surface area (Å²) in [6.07, 6.45) is 1.10. The molecule has 1 unspecified atom stereocenters. The molecule has 10 nitrogen and oxygen atoms in total. The normalized spacial score (nSPS) is 12.2. The Labute approximate surface area is 194 Å². The van der Waals surface area contributed by atoms with Gasteiger partial charge in [-0.3, -0.25) is 0 Å². The molecule has 0 spiro atoms. The molecule has 1 heterocycles. The number of nitrogens with two attached hydrogens (primary N) is 1. The van der Waals surface area contributed by atoms with E-state index in [4.69, 9.17) is 10.5 Å². The summed E-state index contributed by atoms with van der Waals surface area (Å²) >= 11 is 0. The van der Waals surface area contributed by atoms with E-state index in [0.717, 1.165) is 6.26 Å². The third-order valence-corrected chi connectivity index (χ3v) is 6.19. The lowest BCUT2D eigenvalue weighted by Crippen LogP contribution is -2.25. The first-order chi connectivity index (χ1) is 16.0. The fourth-order valence-corrected chi connectivity index (χ4v) is 4.05. The standard InChI is InChI=1S/C22H22FN3O7S/c1-14-19(21(24)22(27)32-11-12-33-26(28)29)13-20(25(14)17-7-5-16(23)6-8-17)15-3-9-18(10-4-15)34(2,30)31/h3-10,13,21H,11-12,24H2,1-2H3. The number of aromatic nitrogens is 1. The van der Waals surface area contributed by atoms with Crippen molar-refractivity contribution in [1.82, 2.24) is 4.57 Å². The number of sulfone groups is 1. The monoisotopic (exact) mass is 491 g/mol. The molecule has 0 aliphatic heterocycles. The molecule has 1 atom stereocenters. The van der Waals surface area contributed by atoms with E-state index in [2.05, 4.69) is 4.84 Å². The average Bonchev–Trinajstić information content (AvgIpc) is 3.13. The van der Waals surface area contributed by atoms with E-state index in [-0.39, 0.29) is 11.5 Å². The second-order valence-electron chi connectivity index (χ2n) is 7.38. The Morgan fingerprint density at radius 2 is 1.76 bits per heavy atom. The zero-order valence-corrected chi connectivity index (χ0v) is 19.1. The zero-order valence-electron chi connectivity index (χ0n) is 18.3. The second-order valence-corrected chi connectivity index (χ2v) is 9.40. The van der Waals surface area contributed by atoms with Crippen molar-refractivity contribution in [2.24, 2.45) is 5.73 Å². The van der Waals surface area contributed by atoms with Gasteiger partial charge in [0.05, 0.1) is 10.6 Å². The Bertz CT molecular complexity index is 1300. The number of halogens is 1. The number of benzene rings is 2. The largest absolute Gasteiger partial charge is 0.462 e. The van der Waals surface area contributed by atoms with Gasteiger partial charge in [-0.05, 0) is 55.0 Å². The van der Waals surface area contributed by atoms with E-state index < -0.39 is 39.4 Å². The van der Waals surface area contributed by atoms with Crippen molar-refractivity contribution in [3.05, 3.63) is 81.8 Å². The van der Waals surface area contributed by atoms with E-state index in [9.17, 15) is 27.7 Å². The van der Waals surface area contributed by atoms with Crippen LogP contribution < -0.4 is 5.73 Å². The Balaban J connectivity index is 2.01. The van der Waals surface area contributed by atoms with Gasteiger partial charge in [0, 0.05) is 23.2 Å². The number of rotatable bonds is 9. The van der Waals surface area contributed by atoms with Crippen LogP contribution in [0, 0.1) is 22.9 Å². The van der Waals surface area contributed by atoms with Crippen LogP contribution in [0.5, 0.6) is 0 Å². The van der Waals surface area contributed by atoms with Crippen LogP contribution in [0.4, 0.5) is 4.39 Å². The van der Waals surface area contributed by atoms with Gasteiger partial charge < -0.3 is 19.9 Å². The summed E-state index contributed by atoms with van der Waals surface area (Å²) in [7, 11) is -3.40. The third kappa shape index (κ3) is 5.58. The maximum Gasteiger partial charge on any atom is 0.327 e. The summed E-state index contributed by atoms with van der Waals surface area (Å²) in [6.45, 7) is 0.931. The molecule has 2 aromatic carbocycles. The molecule has 2 N–H and O–H groups in total. The smallest absolute Gasteiger partial charge is 0.327 e. The molecule has 0 saturated heterocycles. The van der Waals surface area contributed by atoms with Gasteiger partial charge in [0.15, 0.2) is 9.84 Å². The highest BCUT2D eigenvalue weighted by Crippen LogP contribution is 2.33. The SMILES string of the molecule is Cc1c(C(N)C(=O)OCCO[N+](=O)[O-])cc(-c2ccc(S(C)(=O)=O)cc2)n1-c1ccc(F)cc1. The maximum atomic E-state index is 13.5. The first kappa shape index (κ1) is 24.9. The molecule has 0 radical (unpaired) electrons. The van der Waals surface area contributed by atoms with Crippen LogP contribution in [0.3, 0.4) is 0 Å². The van der Waals surface area contributed by atoms with Gasteiger partial charge in [-0.25, -0.2) is 17.6 Å². The van der Waals surface area contributed by atoms with Gasteiger partial charge in [-0.15, -0.1) is 10.1 Å². The Morgan fingerprint density at radius 3 is 2.32 bits per heavy atom. The molecule has 0 aliphatic carbocycles. The molecule has 1 aromatic heterocycles. The van der Waals surface area contributed by atoms with Crippen LogP contribution in [0.25, 0.3) is 16.9 Å². The Kier molecular flexibility index (Phi) is 7.32. The molecule has 12 heteroatoms. The van der Waals surface area contributed by atoms with E-state index in [0.29, 0.717) is 28.2 Å². The lowest BCUT2D eigenvalue weighted by Gasteiger charge is -2.14. The first-order valence-corrected chi connectivity index (χ1v) is 11.9. The number of ether oxygens (including phenoxy) is 1. The highest BCUT2D eigenvalue weighted by atomic mass is 32.2. The van der Waals surface area contributed by atoms with Gasteiger partial charge in [-0.1, -0.05) is 12.1 Å². The number of esters is 1. The van der Waals surface area contributed by atoms with Gasteiger partial charge in [0.2, 0.25) is 0 Å². The van der Waals surface area contributed by atoms with Crippen molar-refractivity contribution in [3.63, 3.8) is 0 Å². The summed E-state index contributed by atoms with van der Waals surface area (Å²) in [4.78, 5) is 26.9. The van der Waals surface area contributed by atoms with Gasteiger partial charge in [0.1, 0.15) is 25.1 Å². The third-order valence-electron chi connectivity index (χ3n) is 5.06. The molecule has 0 aliphatic rings. The van der Waals surface area contributed by atoms with E-state index >= 15 is 0 Å². The summed E-state index contributed by atoms with van der Waals surface area (Å²) in [6, 6.07) is 12.3. The molecule has 0 bridgehead atoms. The molecule has 0 fully saturated rings. The second kappa shape index (κ2) is 10.0. The van der Waals surface area contributed by atoms with Crippen LogP contribution in [0.15, 0.2) is 59.5 Å². The van der Waals surface area contributed by atoms with E-state index in [1.54, 1.807) is 41.8 Å². The molecule has 0 amide bonds. The molecular weight excluding hydrogens is 469 g/mol. The summed E-state index contributed by atoms with van der Waals surface area (Å²) in [5, 5.41) is 9.21. The number of carbonyl (C=O) groups excluding carboxylic acids is 1. The number of hydrogen-bond donors (Lipinski definition) is 1. The summed E-state index contributed by atoms with van der Waals surface area (Å²) in [5.74, 6) is -1.24. The van der Waals surface area contributed by atoms with Crippen LogP contribution in [-0.4, -0.2) is 43.5 Å². The fourth-order valence-electron chi connectivity index (χ4n) is 3.42. The van der Waals surface area contributed by atoms with Gasteiger partial charge in [-0.2, -0.15) is 0 Å². The van der Waals surface area contributed by atoms with Crippen LogP contribution >= 0.6 is 0 Å². The van der Waals surface area contributed by atoms with Gasteiger partial charge >= 0.3 is 5.97 Å². The maximum absolute atomic E-state index is 13.5. The number of hydrogen-bond acceptors (Lipinski definition) is 8. The minimum atomic E-state index is -3.40. The van der Waals surface area contributed by atoms with Crippen LogP contribution in [0.1, 0.15) is 17.3 Å². The van der Waals surface area contributed by atoms with Crippen LogP contribution in [0.2, 0.25) is 0 Å². The number of nitrogens with zero attached hydrogens (tertiary/aromatic N) is 2. The molecule has 3 aromatic rings. The zero-order chi connectivity index (χ0) is 25.0. The van der Waals surface area contributed by atoms with E-state index in [1.165, 1.54) is 24.3 Å². The first-order valence-electron chi connectivity index (χ1n) is 9.97. The van der Waals surface area contributed by atoms with Crippen molar-refractivity contribution < 1.29 is 32.3 Å². The molecule has 0 saturated carbocycles. The van der Waals surface area contributed by atoms with Crippen molar-refractivity contribution in [2.75, 3.05) is 19.5 Å². The summed E-state index contributed by atoms with van der Waals surface area (Å²) in [5.41, 5.74) is 8.90. The van der Waals surface area contributed by atoms with Crippen molar-refractivity contribution in [1.29, 1.82) is 0 Å². The summed E-state index contributed by atoms with van der Waals surface area (Å²) < 4.78 is 43.9. The minimum Gasteiger partial charge on any atom is -0.462 e. The van der Waals surface area contributed by atoms with Gasteiger partial charge in [0.25, 0.3) is 5.09 Å². The topological polar surface area (TPSA) is 144 Å². The highest BCUT2D eigenvalue weighted by molar-refractivity contribution is 7.90. The fraction of sp³-hybridized carbons (Fsp3) is 0.227. The minimum absolute atomic E-state index is 0.144. The average molecular weight is 491 g/mol. The highest BCUT2D eigenvalue weighted by Gasteiger charge is 2.25. The Hall–Kier alpha value is -3.77. The van der Waals surface area contributed by atoms with Crippen molar-refractivity contribution in [2.45, 2.75) is 17.9 Å². The quantitative estimate of drug-likeness (QED) is 0.208. The predicted octanol–water partition coefficient (Wildman–Crippen LogP) is 2.75.